The molecule has 1 saturated carbocycles. The number of H-pyrrole nitrogens is 1. The summed E-state index contributed by atoms with van der Waals surface area (Å²) in [6, 6.07) is 21.5. The third kappa shape index (κ3) is 4.05. The van der Waals surface area contributed by atoms with Gasteiger partial charge < -0.3 is 14.6 Å². The molecule has 1 N–H and O–H groups in total. The normalized spacial score (nSPS) is 13.1. The lowest BCUT2D eigenvalue weighted by Crippen LogP contribution is -2.34. The van der Waals surface area contributed by atoms with Crippen molar-refractivity contribution in [2.75, 3.05) is 7.11 Å². The van der Waals surface area contributed by atoms with Gasteiger partial charge in [0.25, 0.3) is 11.5 Å². The molecule has 0 bridgehead atoms. The Kier molecular flexibility index (Phi) is 5.30. The van der Waals surface area contributed by atoms with E-state index >= 15 is 0 Å². The lowest BCUT2D eigenvalue weighted by Gasteiger charge is -2.23. The molecule has 0 atom stereocenters. The number of hydrogen-bond donors (Lipinski definition) is 1. The summed E-state index contributed by atoms with van der Waals surface area (Å²) in [7, 11) is 1.62. The van der Waals surface area contributed by atoms with Gasteiger partial charge in [-0.1, -0.05) is 30.3 Å². The number of nitrogens with zero attached hydrogens (tertiary/aromatic N) is 2. The summed E-state index contributed by atoms with van der Waals surface area (Å²) in [5, 5.41) is 0.350. The third-order valence-corrected chi connectivity index (χ3v) is 5.92. The number of ether oxygens (including phenoxy) is 1. The highest BCUT2D eigenvalue weighted by Crippen LogP contribution is 2.30. The minimum absolute atomic E-state index is 0.122. The van der Waals surface area contributed by atoms with Gasteiger partial charge in [0.05, 0.1) is 23.7 Å². The summed E-state index contributed by atoms with van der Waals surface area (Å²) in [5.41, 5.74) is 1.33. The summed E-state index contributed by atoms with van der Waals surface area (Å²) in [4.78, 5) is 43.7. The second kappa shape index (κ2) is 8.43. The van der Waals surface area contributed by atoms with Crippen molar-refractivity contribution in [3.8, 4) is 11.4 Å². The van der Waals surface area contributed by atoms with Crippen molar-refractivity contribution >= 4 is 16.8 Å². The smallest absolute Gasteiger partial charge is 0.333 e. The zero-order chi connectivity index (χ0) is 22.9. The second-order valence-electron chi connectivity index (χ2n) is 8.18. The van der Waals surface area contributed by atoms with Crippen molar-refractivity contribution in [3.63, 3.8) is 0 Å². The zero-order valence-electron chi connectivity index (χ0n) is 18.2. The molecular formula is C26H23N3O4. The average molecular weight is 441 g/mol. The number of para-hydroxylation sites is 1. The summed E-state index contributed by atoms with van der Waals surface area (Å²) in [5.74, 6) is 0.644. The molecule has 7 nitrogen and oxygen atoms in total. The van der Waals surface area contributed by atoms with E-state index in [-0.39, 0.29) is 11.9 Å². The minimum atomic E-state index is -0.541. The van der Waals surface area contributed by atoms with Gasteiger partial charge in [-0.3, -0.25) is 9.59 Å². The van der Waals surface area contributed by atoms with E-state index in [1.165, 1.54) is 0 Å². The van der Waals surface area contributed by atoms with Crippen molar-refractivity contribution in [1.29, 1.82) is 0 Å². The number of aromatic nitrogens is 2. The molecule has 7 heteroatoms. The van der Waals surface area contributed by atoms with E-state index in [0.717, 1.165) is 28.7 Å². The van der Waals surface area contributed by atoms with Gasteiger partial charge in [-0.15, -0.1) is 0 Å². The molecule has 33 heavy (non-hydrogen) atoms. The van der Waals surface area contributed by atoms with Gasteiger partial charge in [0.2, 0.25) is 0 Å². The zero-order valence-corrected chi connectivity index (χ0v) is 18.2. The maximum Gasteiger partial charge on any atom is 0.333 e. The van der Waals surface area contributed by atoms with Crippen LogP contribution in [0.15, 0.2) is 82.4 Å². The highest BCUT2D eigenvalue weighted by Gasteiger charge is 2.33. The molecule has 0 saturated heterocycles. The van der Waals surface area contributed by atoms with E-state index in [0.29, 0.717) is 28.7 Å². The number of amides is 1. The predicted molar refractivity (Wildman–Crippen MR) is 126 cm³/mol. The van der Waals surface area contributed by atoms with Crippen LogP contribution in [-0.4, -0.2) is 33.5 Å². The van der Waals surface area contributed by atoms with Crippen LogP contribution in [0.5, 0.6) is 5.75 Å². The molecule has 166 valence electrons. The molecule has 0 unspecified atom stereocenters. The Morgan fingerprint density at radius 1 is 1.03 bits per heavy atom. The van der Waals surface area contributed by atoms with E-state index in [4.69, 9.17) is 4.74 Å². The number of carbonyl (C=O) groups is 1. The first-order valence-corrected chi connectivity index (χ1v) is 10.8. The molecule has 0 aliphatic heterocycles. The molecule has 5 rings (SSSR count). The Balaban J connectivity index is 1.49. The number of benzene rings is 3. The fourth-order valence-electron chi connectivity index (χ4n) is 4.01. The maximum absolute atomic E-state index is 13.4. The largest absolute Gasteiger partial charge is 0.497 e. The van der Waals surface area contributed by atoms with Crippen LogP contribution in [0.1, 0.15) is 28.8 Å². The van der Waals surface area contributed by atoms with Crippen molar-refractivity contribution in [2.24, 2.45) is 0 Å². The molecule has 1 aliphatic rings. The molecule has 3 aromatic carbocycles. The van der Waals surface area contributed by atoms with Crippen LogP contribution in [0.3, 0.4) is 0 Å². The van der Waals surface area contributed by atoms with Crippen molar-refractivity contribution in [2.45, 2.75) is 25.4 Å². The van der Waals surface area contributed by atoms with Crippen LogP contribution in [0, 0.1) is 0 Å². The SMILES string of the molecule is COc1ccc(CN(C(=O)c2ccc3c(=O)n(-c4ccccc4)c(=O)[nH]c3c2)C2CC2)cc1. The maximum atomic E-state index is 13.4. The van der Waals surface area contributed by atoms with Crippen LogP contribution in [0.25, 0.3) is 16.6 Å². The number of methoxy groups -OCH3 is 1. The standard InChI is InChI=1S/C26H23N3O4/c1-33-21-12-7-17(8-13-21)16-28(19-10-11-19)24(30)18-9-14-22-23(15-18)27-26(32)29(25(22)31)20-5-3-2-4-6-20/h2-9,12-15,19H,10-11,16H2,1H3,(H,27,32). The Bertz CT molecular complexity index is 1430. The molecule has 1 heterocycles. The number of nitrogens with one attached hydrogen (secondary N) is 1. The molecule has 0 spiro atoms. The number of rotatable bonds is 6. The summed E-state index contributed by atoms with van der Waals surface area (Å²) < 4.78 is 6.31. The molecule has 1 aromatic heterocycles. The second-order valence-corrected chi connectivity index (χ2v) is 8.18. The first-order chi connectivity index (χ1) is 16.0. The number of hydrogen-bond acceptors (Lipinski definition) is 4. The quantitative estimate of drug-likeness (QED) is 0.496. The highest BCUT2D eigenvalue weighted by atomic mass is 16.5. The average Bonchev–Trinajstić information content (AvgIpc) is 3.68. The lowest BCUT2D eigenvalue weighted by atomic mass is 10.1. The van der Waals surface area contributed by atoms with Gasteiger partial charge in [0, 0.05) is 18.2 Å². The fraction of sp³-hybridized carbons (Fsp3) is 0.192. The minimum Gasteiger partial charge on any atom is -0.497 e. The Hall–Kier alpha value is -4.13. The van der Waals surface area contributed by atoms with Crippen LogP contribution >= 0.6 is 0 Å². The molecule has 1 fully saturated rings. The van der Waals surface area contributed by atoms with E-state index in [1.54, 1.807) is 49.6 Å². The van der Waals surface area contributed by atoms with Crippen molar-refractivity contribution in [1.82, 2.24) is 14.5 Å². The monoisotopic (exact) mass is 441 g/mol. The molecular weight excluding hydrogens is 418 g/mol. The number of fused-ring (bicyclic) bond motifs is 1. The molecule has 0 radical (unpaired) electrons. The molecule has 1 aliphatic carbocycles. The van der Waals surface area contributed by atoms with E-state index in [2.05, 4.69) is 4.98 Å². The Morgan fingerprint density at radius 3 is 2.42 bits per heavy atom. The third-order valence-electron chi connectivity index (χ3n) is 5.92. The van der Waals surface area contributed by atoms with Gasteiger partial charge in [0.1, 0.15) is 5.75 Å². The van der Waals surface area contributed by atoms with Gasteiger partial charge in [-0.05, 0) is 60.9 Å². The Labute approximate surface area is 189 Å². The van der Waals surface area contributed by atoms with Crippen LogP contribution in [0.4, 0.5) is 0 Å². The molecule has 4 aromatic rings. The van der Waals surface area contributed by atoms with Gasteiger partial charge in [-0.25, -0.2) is 9.36 Å². The summed E-state index contributed by atoms with van der Waals surface area (Å²) >= 11 is 0. The van der Waals surface area contributed by atoms with Gasteiger partial charge >= 0.3 is 5.69 Å². The summed E-state index contributed by atoms with van der Waals surface area (Å²) in [6.07, 6.45) is 1.93. The highest BCUT2D eigenvalue weighted by molar-refractivity contribution is 5.98. The number of aromatic amines is 1. The van der Waals surface area contributed by atoms with Crippen molar-refractivity contribution in [3.05, 3.63) is 105 Å². The van der Waals surface area contributed by atoms with Crippen molar-refractivity contribution < 1.29 is 9.53 Å². The van der Waals surface area contributed by atoms with E-state index in [1.807, 2.05) is 35.2 Å². The molecule has 1 amide bonds. The van der Waals surface area contributed by atoms with Gasteiger partial charge in [0.15, 0.2) is 0 Å². The van der Waals surface area contributed by atoms with Crippen LogP contribution in [0.2, 0.25) is 0 Å². The first-order valence-electron chi connectivity index (χ1n) is 10.8. The van der Waals surface area contributed by atoms with Crippen LogP contribution < -0.4 is 16.0 Å². The first kappa shape index (κ1) is 20.8. The topological polar surface area (TPSA) is 84.4 Å². The predicted octanol–water partition coefficient (Wildman–Crippen LogP) is 3.49. The Morgan fingerprint density at radius 2 is 1.76 bits per heavy atom. The van der Waals surface area contributed by atoms with E-state index in [9.17, 15) is 14.4 Å². The summed E-state index contributed by atoms with van der Waals surface area (Å²) in [6.45, 7) is 0.484. The fourth-order valence-corrected chi connectivity index (χ4v) is 4.01. The lowest BCUT2D eigenvalue weighted by molar-refractivity contribution is 0.0730. The number of carbonyl (C=O) groups excluding carboxylic acids is 1. The van der Waals surface area contributed by atoms with Gasteiger partial charge in [-0.2, -0.15) is 0 Å². The van der Waals surface area contributed by atoms with E-state index < -0.39 is 11.2 Å². The van der Waals surface area contributed by atoms with Crippen LogP contribution in [-0.2, 0) is 6.54 Å².